The van der Waals surface area contributed by atoms with Gasteiger partial charge in [-0.3, -0.25) is 4.57 Å². The van der Waals surface area contributed by atoms with E-state index in [2.05, 4.69) is 20.4 Å². The fourth-order valence-electron chi connectivity index (χ4n) is 4.49. The highest BCUT2D eigenvalue weighted by Crippen LogP contribution is 2.52. The fraction of sp³-hybridized carbons (Fsp3) is 0.737. The van der Waals surface area contributed by atoms with Crippen LogP contribution in [0.3, 0.4) is 0 Å². The Balaban J connectivity index is 1.56. The van der Waals surface area contributed by atoms with Crippen LogP contribution < -0.4 is 5.32 Å². The van der Waals surface area contributed by atoms with Crippen molar-refractivity contribution in [3.8, 4) is 0 Å². The summed E-state index contributed by atoms with van der Waals surface area (Å²) in [5, 5.41) is 26.9. The Morgan fingerprint density at radius 2 is 1.94 bits per heavy atom. The second-order valence-corrected chi connectivity index (χ2v) is 14.0. The van der Waals surface area contributed by atoms with E-state index in [1.54, 1.807) is 0 Å². The molecule has 5 N–H and O–H groups in total. The van der Waals surface area contributed by atoms with Crippen LogP contribution >= 0.6 is 19.2 Å². The molecule has 5 atom stereocenters. The molecule has 4 rings (SSSR count). The molecule has 1 saturated heterocycles. The Labute approximate surface area is 212 Å². The van der Waals surface area contributed by atoms with E-state index in [1.165, 1.54) is 10.9 Å². The third-order valence-corrected chi connectivity index (χ3v) is 9.38. The molecule has 0 radical (unpaired) electrons. The number of aromatic nitrogens is 4. The molecule has 17 heteroatoms. The summed E-state index contributed by atoms with van der Waals surface area (Å²) in [6, 6.07) is 0.231. The van der Waals surface area contributed by atoms with E-state index in [0.29, 0.717) is 11.2 Å². The van der Waals surface area contributed by atoms with Crippen molar-refractivity contribution in [2.45, 2.75) is 68.5 Å². The number of aliphatic hydroxyl groups excluding tert-OH is 2. The monoisotopic (exact) mass is 569 g/mol. The quantitative estimate of drug-likeness (QED) is 0.205. The lowest BCUT2D eigenvalue weighted by Gasteiger charge is -2.31. The molecule has 2 aliphatic rings. The zero-order valence-electron chi connectivity index (χ0n) is 19.6. The molecular formula is C19H29ClN5O9PS. The number of anilines is 1. The number of hydrogen-bond acceptors (Lipinski definition) is 11. The molecule has 1 aliphatic heterocycles. The maximum atomic E-state index is 12.0. The second-order valence-electron chi connectivity index (χ2n) is 9.44. The van der Waals surface area contributed by atoms with Gasteiger partial charge in [0.1, 0.15) is 24.1 Å². The number of aliphatic hydroxyl groups is 2. The normalized spacial score (nSPS) is 27.5. The molecule has 202 valence electrons. The third kappa shape index (κ3) is 5.69. The van der Waals surface area contributed by atoms with Crippen LogP contribution in [0, 0.1) is 0 Å². The van der Waals surface area contributed by atoms with Gasteiger partial charge >= 0.3 is 7.60 Å². The molecule has 36 heavy (non-hydrogen) atoms. The van der Waals surface area contributed by atoms with Gasteiger partial charge in [0.25, 0.3) is 0 Å². The van der Waals surface area contributed by atoms with Crippen molar-refractivity contribution in [3.63, 3.8) is 0 Å². The van der Waals surface area contributed by atoms with Crippen molar-refractivity contribution >= 4 is 45.9 Å². The molecule has 14 nitrogen and oxygen atoms in total. The van der Waals surface area contributed by atoms with Crippen molar-refractivity contribution in [1.29, 1.82) is 0 Å². The molecule has 0 spiro atoms. The molecule has 0 amide bonds. The summed E-state index contributed by atoms with van der Waals surface area (Å²) >= 11 is 6.13. The van der Waals surface area contributed by atoms with Crippen molar-refractivity contribution in [3.05, 3.63) is 11.5 Å². The van der Waals surface area contributed by atoms with Gasteiger partial charge in [0.15, 0.2) is 27.1 Å². The Morgan fingerprint density at radius 1 is 1.28 bits per heavy atom. The number of hydrogen-bond donors (Lipinski definition) is 5. The van der Waals surface area contributed by atoms with Gasteiger partial charge in [-0.2, -0.15) is 15.1 Å². The third-order valence-electron chi connectivity index (χ3n) is 6.41. The summed E-state index contributed by atoms with van der Waals surface area (Å²) < 4.78 is 47.7. The lowest BCUT2D eigenvalue weighted by atomic mass is 10.1. The van der Waals surface area contributed by atoms with Crippen LogP contribution in [0.2, 0.25) is 5.28 Å². The summed E-state index contributed by atoms with van der Waals surface area (Å²) in [4.78, 5) is 27.8. The fourth-order valence-corrected chi connectivity index (χ4v) is 7.33. The first kappa shape index (κ1) is 27.6. The van der Waals surface area contributed by atoms with Crippen LogP contribution in [0.15, 0.2) is 6.20 Å². The van der Waals surface area contributed by atoms with Crippen LogP contribution in [-0.2, 0) is 23.9 Å². The van der Waals surface area contributed by atoms with Gasteiger partial charge < -0.3 is 34.8 Å². The molecule has 0 aromatic carbocycles. The Morgan fingerprint density at radius 3 is 2.56 bits per heavy atom. The van der Waals surface area contributed by atoms with E-state index < -0.39 is 59.7 Å². The first-order valence-corrected chi connectivity index (χ1v) is 15.3. The smallest absolute Gasteiger partial charge is 0.357 e. The van der Waals surface area contributed by atoms with Crippen LogP contribution in [0.5, 0.6) is 0 Å². The maximum absolute atomic E-state index is 12.0. The Hall–Kier alpha value is -1.42. The Bertz CT molecular complexity index is 1270. The highest BCUT2D eigenvalue weighted by atomic mass is 35.5. The number of nitrogens with one attached hydrogen (secondary N) is 1. The standard InChI is InChI=1S/C19H29ClN5O9PS/c1-19(35(28,29)30,9-36(2,31)32)33-8-12-13(26)14(27)17(34-12)25-16-11(7-21-25)15(23-18(20)24-16)22-10-5-3-4-6-10/h7,10,12-14,17,26-27H,3-6,8-9H2,1-2H3,(H,22,23,24)(H2,28,29,30)/t12-,13-,14-,17-,19-/m1/s1. The van der Waals surface area contributed by atoms with E-state index in [4.69, 9.17) is 21.1 Å². The van der Waals surface area contributed by atoms with E-state index in [-0.39, 0.29) is 17.0 Å². The van der Waals surface area contributed by atoms with Crippen LogP contribution in [0.4, 0.5) is 5.82 Å². The zero-order chi connectivity index (χ0) is 26.5. The number of halogens is 1. The minimum Gasteiger partial charge on any atom is -0.387 e. The van der Waals surface area contributed by atoms with E-state index >= 15 is 0 Å². The summed E-state index contributed by atoms with van der Waals surface area (Å²) in [6.45, 7) is 0.345. The lowest BCUT2D eigenvalue weighted by Crippen LogP contribution is -2.41. The van der Waals surface area contributed by atoms with Gasteiger partial charge in [0, 0.05) is 12.3 Å². The predicted octanol–water partition coefficient (Wildman–Crippen LogP) is 0.408. The number of nitrogens with zero attached hydrogens (tertiary/aromatic N) is 4. The van der Waals surface area contributed by atoms with Crippen molar-refractivity contribution in [1.82, 2.24) is 19.7 Å². The summed E-state index contributed by atoms with van der Waals surface area (Å²) in [6.07, 6.45) is 0.921. The van der Waals surface area contributed by atoms with Gasteiger partial charge in [-0.25, -0.2) is 13.1 Å². The Kier molecular flexibility index (Phi) is 7.70. The lowest BCUT2D eigenvalue weighted by molar-refractivity contribution is -0.0899. The summed E-state index contributed by atoms with van der Waals surface area (Å²) in [7, 11) is -8.89. The van der Waals surface area contributed by atoms with E-state index in [0.717, 1.165) is 38.9 Å². The van der Waals surface area contributed by atoms with Crippen molar-refractivity contribution < 1.29 is 42.5 Å². The largest absolute Gasteiger partial charge is 0.387 e. The predicted molar refractivity (Wildman–Crippen MR) is 128 cm³/mol. The molecular weight excluding hydrogens is 541 g/mol. The molecule has 2 aromatic heterocycles. The average molecular weight is 570 g/mol. The van der Waals surface area contributed by atoms with Crippen LogP contribution in [0.1, 0.15) is 38.8 Å². The van der Waals surface area contributed by atoms with Gasteiger partial charge in [-0.15, -0.1) is 0 Å². The van der Waals surface area contributed by atoms with Gasteiger partial charge in [0.2, 0.25) is 5.28 Å². The SMILES string of the molecule is C[C@@](CS(C)(=O)=O)(OC[C@H]1O[C@@H](n2ncc3c(NC4CCCC4)nc(Cl)nc32)[C@H](O)[C@@H]1O)P(=O)(O)O. The molecule has 1 aliphatic carbocycles. The minimum atomic E-state index is -5.05. The van der Waals surface area contributed by atoms with Crippen molar-refractivity contribution in [2.75, 3.05) is 23.9 Å². The second kappa shape index (κ2) is 10.0. The first-order chi connectivity index (χ1) is 16.7. The number of sulfone groups is 1. The van der Waals surface area contributed by atoms with Crippen LogP contribution in [0.25, 0.3) is 11.0 Å². The highest BCUT2D eigenvalue weighted by Gasteiger charge is 2.50. The first-order valence-electron chi connectivity index (χ1n) is 11.2. The van der Waals surface area contributed by atoms with Crippen molar-refractivity contribution in [2.24, 2.45) is 0 Å². The highest BCUT2D eigenvalue weighted by molar-refractivity contribution is 7.91. The van der Waals surface area contributed by atoms with E-state index in [1.807, 2.05) is 0 Å². The van der Waals surface area contributed by atoms with Gasteiger partial charge in [-0.1, -0.05) is 12.8 Å². The summed E-state index contributed by atoms with van der Waals surface area (Å²) in [5.41, 5.74) is 0.241. The molecule has 1 saturated carbocycles. The van der Waals surface area contributed by atoms with Gasteiger partial charge in [0.05, 0.1) is 23.9 Å². The maximum Gasteiger partial charge on any atom is 0.357 e. The molecule has 3 heterocycles. The number of rotatable bonds is 9. The number of fused-ring (bicyclic) bond motifs is 1. The topological polar surface area (TPSA) is 206 Å². The average Bonchev–Trinajstić information content (AvgIpc) is 3.46. The minimum absolute atomic E-state index is 0.0594. The van der Waals surface area contributed by atoms with Crippen LogP contribution in [-0.4, -0.2) is 96.5 Å². The summed E-state index contributed by atoms with van der Waals surface area (Å²) in [5.74, 6) is -0.482. The molecule has 0 bridgehead atoms. The molecule has 2 aromatic rings. The van der Waals surface area contributed by atoms with E-state index in [9.17, 15) is 33.0 Å². The zero-order valence-corrected chi connectivity index (χ0v) is 22.0. The molecule has 2 fully saturated rings. The number of ether oxygens (including phenoxy) is 2. The molecule has 0 unspecified atom stereocenters. The van der Waals surface area contributed by atoms with Gasteiger partial charge in [-0.05, 0) is 31.4 Å².